The average molecular weight is 351 g/mol. The van der Waals surface area contributed by atoms with E-state index in [9.17, 15) is 14.9 Å². The van der Waals surface area contributed by atoms with Gasteiger partial charge in [0.2, 0.25) is 0 Å². The van der Waals surface area contributed by atoms with E-state index in [1.807, 2.05) is 6.07 Å². The second kappa shape index (κ2) is 6.36. The topological polar surface area (TPSA) is 92.5 Å². The van der Waals surface area contributed by atoms with Gasteiger partial charge in [0.25, 0.3) is 5.70 Å². The van der Waals surface area contributed by atoms with Crippen molar-refractivity contribution >= 4 is 27.6 Å². The fourth-order valence-corrected chi connectivity index (χ4v) is 2.23. The van der Waals surface area contributed by atoms with Gasteiger partial charge in [-0.15, -0.1) is 0 Å². The van der Waals surface area contributed by atoms with E-state index in [4.69, 9.17) is 5.11 Å². The number of carbonyl (C=O) groups is 1. The summed E-state index contributed by atoms with van der Waals surface area (Å²) in [5.41, 5.74) is 0.567. The summed E-state index contributed by atoms with van der Waals surface area (Å²) in [7, 11) is 0. The van der Waals surface area contributed by atoms with Crippen LogP contribution in [0.25, 0.3) is 0 Å². The molecule has 0 saturated carbocycles. The van der Waals surface area contributed by atoms with Gasteiger partial charge in [-0.3, -0.25) is 10.1 Å². The second-order valence-electron chi connectivity index (χ2n) is 4.24. The van der Waals surface area contributed by atoms with Crippen molar-refractivity contribution in [3.8, 4) is 0 Å². The fourth-order valence-electron chi connectivity index (χ4n) is 1.83. The predicted octanol–water partition coefficient (Wildman–Crippen LogP) is 3.32. The molecule has 0 aromatic heterocycles. The summed E-state index contributed by atoms with van der Waals surface area (Å²) in [6.07, 6.45) is 4.38. The summed E-state index contributed by atoms with van der Waals surface area (Å²) in [6, 6.07) is 7.16. The van der Waals surface area contributed by atoms with E-state index in [1.165, 1.54) is 6.08 Å². The van der Waals surface area contributed by atoms with Crippen molar-refractivity contribution in [2.24, 2.45) is 0 Å². The predicted molar refractivity (Wildman–Crippen MR) is 81.3 cm³/mol. The summed E-state index contributed by atoms with van der Waals surface area (Å²) < 4.78 is 0.831. The number of nitro groups is 1. The molecule has 7 heteroatoms. The molecule has 2 N–H and O–H groups in total. The number of rotatable bonds is 4. The lowest BCUT2D eigenvalue weighted by Crippen LogP contribution is -2.10. The molecule has 6 nitrogen and oxygen atoms in total. The zero-order valence-corrected chi connectivity index (χ0v) is 12.3. The first kappa shape index (κ1) is 15.0. The van der Waals surface area contributed by atoms with Crippen LogP contribution in [0.3, 0.4) is 0 Å². The summed E-state index contributed by atoms with van der Waals surface area (Å²) >= 11 is 3.32. The minimum atomic E-state index is -1.19. The van der Waals surface area contributed by atoms with Gasteiger partial charge in [-0.25, -0.2) is 4.79 Å². The second-order valence-corrected chi connectivity index (χ2v) is 5.16. The van der Waals surface area contributed by atoms with Crippen LogP contribution in [-0.2, 0) is 4.79 Å². The molecule has 0 amide bonds. The number of carboxylic acid groups (broad SMARTS) is 1. The number of hydrogen-bond acceptors (Lipinski definition) is 4. The van der Waals surface area contributed by atoms with Crippen LogP contribution in [-0.4, -0.2) is 16.0 Å². The third-order valence-corrected chi connectivity index (χ3v) is 3.27. The van der Waals surface area contributed by atoms with E-state index < -0.39 is 10.9 Å². The molecule has 1 aliphatic rings. The summed E-state index contributed by atoms with van der Waals surface area (Å²) in [5, 5.41) is 23.1. The maximum absolute atomic E-state index is 11.2. The third-order valence-electron chi connectivity index (χ3n) is 2.78. The quantitative estimate of drug-likeness (QED) is 0.641. The van der Waals surface area contributed by atoms with Gasteiger partial charge in [0.1, 0.15) is 5.70 Å². The SMILES string of the molecule is O=C(O)C1=CCC=C(Nc2cccc(Br)c2)C([N+](=O)[O-])=C1. The van der Waals surface area contributed by atoms with Crippen molar-refractivity contribution in [1.82, 2.24) is 0 Å². The third kappa shape index (κ3) is 3.79. The molecule has 0 spiro atoms. The maximum atomic E-state index is 11.2. The summed E-state index contributed by atoms with van der Waals surface area (Å²) in [5.74, 6) is -1.19. The van der Waals surface area contributed by atoms with E-state index in [0.29, 0.717) is 12.1 Å². The van der Waals surface area contributed by atoms with Gasteiger partial charge in [-0.1, -0.05) is 34.1 Å². The number of nitrogens with zero attached hydrogens (tertiary/aromatic N) is 1. The Morgan fingerprint density at radius 1 is 1.38 bits per heavy atom. The van der Waals surface area contributed by atoms with Crippen molar-refractivity contribution in [3.05, 3.63) is 74.0 Å². The minimum Gasteiger partial charge on any atom is -0.478 e. The van der Waals surface area contributed by atoms with Gasteiger partial charge in [-0.05, 0) is 24.6 Å². The zero-order chi connectivity index (χ0) is 15.4. The van der Waals surface area contributed by atoms with Crippen LogP contribution in [0.1, 0.15) is 6.42 Å². The Balaban J connectivity index is 2.34. The number of halogens is 1. The van der Waals surface area contributed by atoms with Gasteiger partial charge >= 0.3 is 5.97 Å². The first-order chi connectivity index (χ1) is 9.97. The van der Waals surface area contributed by atoms with E-state index in [-0.39, 0.29) is 17.0 Å². The lowest BCUT2D eigenvalue weighted by Gasteiger charge is -2.08. The van der Waals surface area contributed by atoms with Crippen molar-refractivity contribution in [2.75, 3.05) is 5.32 Å². The minimum absolute atomic E-state index is 0.0935. The van der Waals surface area contributed by atoms with E-state index in [0.717, 1.165) is 10.5 Å². The smallest absolute Gasteiger partial charge is 0.335 e. The molecule has 1 aromatic rings. The standard InChI is InChI=1S/C14H11BrN2O4/c15-10-4-2-5-11(8-10)16-12-6-1-3-9(14(18)19)7-13(12)17(20)21/h2-8,16H,1H2,(H,18,19). The summed E-state index contributed by atoms with van der Waals surface area (Å²) in [4.78, 5) is 21.6. The van der Waals surface area contributed by atoms with Gasteiger partial charge in [-0.2, -0.15) is 0 Å². The molecular weight excluding hydrogens is 340 g/mol. The molecule has 108 valence electrons. The number of nitrogens with one attached hydrogen (secondary N) is 1. The van der Waals surface area contributed by atoms with Gasteiger partial charge in [0.15, 0.2) is 0 Å². The molecular formula is C14H11BrN2O4. The molecule has 1 aromatic carbocycles. The molecule has 0 heterocycles. The highest BCUT2D eigenvalue weighted by molar-refractivity contribution is 9.10. The first-order valence-corrected chi connectivity index (χ1v) is 6.79. The van der Waals surface area contributed by atoms with Crippen molar-refractivity contribution in [3.63, 3.8) is 0 Å². The number of allylic oxidation sites excluding steroid dienone is 2. The van der Waals surface area contributed by atoms with Crippen molar-refractivity contribution < 1.29 is 14.8 Å². The Bertz CT molecular complexity index is 692. The van der Waals surface area contributed by atoms with Crippen molar-refractivity contribution in [2.45, 2.75) is 6.42 Å². The molecule has 0 atom stereocenters. The highest BCUT2D eigenvalue weighted by Crippen LogP contribution is 2.23. The molecule has 0 fully saturated rings. The lowest BCUT2D eigenvalue weighted by molar-refractivity contribution is -0.420. The molecule has 21 heavy (non-hydrogen) atoms. The van der Waals surface area contributed by atoms with Crippen molar-refractivity contribution in [1.29, 1.82) is 0 Å². The molecule has 0 saturated heterocycles. The molecule has 0 aliphatic heterocycles. The Morgan fingerprint density at radius 3 is 2.76 bits per heavy atom. The van der Waals surface area contributed by atoms with Crippen LogP contribution in [0.15, 0.2) is 63.9 Å². The monoisotopic (exact) mass is 350 g/mol. The van der Waals surface area contributed by atoms with Gasteiger partial charge in [0.05, 0.1) is 10.5 Å². The van der Waals surface area contributed by atoms with Crippen LogP contribution in [0.4, 0.5) is 5.69 Å². The Kier molecular flexibility index (Phi) is 4.54. The van der Waals surface area contributed by atoms with Crippen LogP contribution < -0.4 is 5.32 Å². The number of anilines is 1. The number of carboxylic acids is 1. The Hall–Kier alpha value is -2.41. The summed E-state index contributed by atoms with van der Waals surface area (Å²) in [6.45, 7) is 0. The van der Waals surface area contributed by atoms with E-state index >= 15 is 0 Å². The normalized spacial score (nSPS) is 14.4. The molecule has 2 rings (SSSR count). The number of benzene rings is 1. The van der Waals surface area contributed by atoms with Crippen LogP contribution >= 0.6 is 15.9 Å². The number of aliphatic carboxylic acids is 1. The molecule has 0 bridgehead atoms. The largest absolute Gasteiger partial charge is 0.478 e. The fraction of sp³-hybridized carbons (Fsp3) is 0.0714. The molecule has 0 unspecified atom stereocenters. The maximum Gasteiger partial charge on any atom is 0.335 e. The first-order valence-electron chi connectivity index (χ1n) is 6.00. The van der Waals surface area contributed by atoms with Crippen LogP contribution in [0.5, 0.6) is 0 Å². The van der Waals surface area contributed by atoms with E-state index in [1.54, 1.807) is 24.3 Å². The number of hydrogen-bond donors (Lipinski definition) is 2. The zero-order valence-electron chi connectivity index (χ0n) is 10.7. The van der Waals surface area contributed by atoms with Gasteiger partial charge < -0.3 is 10.4 Å². The molecule has 0 radical (unpaired) electrons. The Morgan fingerprint density at radius 2 is 2.14 bits per heavy atom. The Labute approximate surface area is 128 Å². The lowest BCUT2D eigenvalue weighted by atomic mass is 10.2. The van der Waals surface area contributed by atoms with E-state index in [2.05, 4.69) is 21.2 Å². The van der Waals surface area contributed by atoms with Crippen LogP contribution in [0, 0.1) is 10.1 Å². The average Bonchev–Trinajstić information content (AvgIpc) is 2.61. The molecule has 1 aliphatic carbocycles. The van der Waals surface area contributed by atoms with Crippen LogP contribution in [0.2, 0.25) is 0 Å². The highest BCUT2D eigenvalue weighted by atomic mass is 79.9. The van der Waals surface area contributed by atoms with Gasteiger partial charge in [0, 0.05) is 16.2 Å². The highest BCUT2D eigenvalue weighted by Gasteiger charge is 2.22.